The van der Waals surface area contributed by atoms with Gasteiger partial charge in [0.1, 0.15) is 5.75 Å². The van der Waals surface area contributed by atoms with Gasteiger partial charge in [-0.05, 0) is 134 Å². The molecule has 1 aromatic carbocycles. The molecule has 5 nitrogen and oxygen atoms in total. The van der Waals surface area contributed by atoms with Crippen molar-refractivity contribution in [3.8, 4) is 5.75 Å². The highest BCUT2D eigenvalue weighted by atomic mass is 32.1. The van der Waals surface area contributed by atoms with Gasteiger partial charge >= 0.3 is 0 Å². The van der Waals surface area contributed by atoms with Crippen LogP contribution in [0.1, 0.15) is 133 Å². The first-order valence-corrected chi connectivity index (χ1v) is 18.7. The van der Waals surface area contributed by atoms with Gasteiger partial charge in [0.15, 0.2) is 0 Å². The third-order valence-corrected chi connectivity index (χ3v) is 9.13. The Morgan fingerprint density at radius 3 is 1.88 bits per heavy atom. The number of rotatable bonds is 16. The zero-order valence-electron chi connectivity index (χ0n) is 33.0. The number of aromatic hydroxyl groups is 1. The Bertz CT molecular complexity index is 1140. The lowest BCUT2D eigenvalue weighted by atomic mass is 9.96. The van der Waals surface area contributed by atoms with Crippen molar-refractivity contribution in [1.29, 1.82) is 0 Å². The molecule has 1 aromatic heterocycles. The van der Waals surface area contributed by atoms with Crippen molar-refractivity contribution in [1.82, 2.24) is 5.32 Å². The predicted octanol–water partition coefficient (Wildman–Crippen LogP) is 12.2. The second-order valence-electron chi connectivity index (χ2n) is 12.3. The number of hydrogen-bond donors (Lipinski definition) is 3. The van der Waals surface area contributed by atoms with Gasteiger partial charge < -0.3 is 16.2 Å². The molecule has 0 aliphatic carbocycles. The summed E-state index contributed by atoms with van der Waals surface area (Å²) in [6.07, 6.45) is 13.1. The van der Waals surface area contributed by atoms with Crippen LogP contribution in [0, 0.1) is 32.6 Å². The summed E-state index contributed by atoms with van der Waals surface area (Å²) in [6, 6.07) is 7.21. The minimum atomic E-state index is 0.288. The van der Waals surface area contributed by atoms with Crippen molar-refractivity contribution < 1.29 is 5.11 Å². The van der Waals surface area contributed by atoms with E-state index < -0.39 is 0 Å². The molecule has 48 heavy (non-hydrogen) atoms. The highest BCUT2D eigenvalue weighted by molar-refractivity contribution is 7.12. The van der Waals surface area contributed by atoms with Crippen LogP contribution in [0.2, 0.25) is 0 Å². The van der Waals surface area contributed by atoms with Crippen LogP contribution in [0.5, 0.6) is 5.75 Å². The summed E-state index contributed by atoms with van der Waals surface area (Å²) in [6.45, 7) is 36.8. The van der Waals surface area contributed by atoms with E-state index in [-0.39, 0.29) is 5.75 Å². The Hall–Kier alpha value is -2.80. The molecule has 4 N–H and O–H groups in total. The van der Waals surface area contributed by atoms with Crippen molar-refractivity contribution in [2.45, 2.75) is 127 Å². The third kappa shape index (κ3) is 24.4. The SMILES string of the molecule is C=C.C=C(c1ccc(O)cc1)c1c(C)sc(C)c1C.C=CC.CCC(C)C/C(C)=N/N=C(/C)C(C)CC.CNCCCCCCCCN. The highest BCUT2D eigenvalue weighted by Crippen LogP contribution is 2.34. The number of hydrogen-bond acceptors (Lipinski definition) is 6. The summed E-state index contributed by atoms with van der Waals surface area (Å²) in [7, 11) is 2.01. The van der Waals surface area contributed by atoms with E-state index in [2.05, 4.69) is 104 Å². The summed E-state index contributed by atoms with van der Waals surface area (Å²) < 4.78 is 0. The molecule has 2 atom stereocenters. The van der Waals surface area contributed by atoms with Crippen LogP contribution >= 0.6 is 11.3 Å². The molecule has 1 heterocycles. The molecule has 0 saturated heterocycles. The summed E-state index contributed by atoms with van der Waals surface area (Å²) in [4.78, 5) is 2.65. The number of nitrogens with one attached hydrogen (secondary N) is 1. The van der Waals surface area contributed by atoms with E-state index in [0.717, 1.165) is 48.5 Å². The fourth-order valence-electron chi connectivity index (χ4n) is 4.44. The van der Waals surface area contributed by atoms with Gasteiger partial charge in [0.25, 0.3) is 0 Å². The van der Waals surface area contributed by atoms with E-state index >= 15 is 0 Å². The number of nitrogens with zero attached hydrogens (tertiary/aromatic N) is 2. The lowest BCUT2D eigenvalue weighted by molar-refractivity contribution is 0.475. The number of benzene rings is 1. The number of allylic oxidation sites excluding steroid dienone is 1. The second-order valence-corrected chi connectivity index (χ2v) is 13.7. The Morgan fingerprint density at radius 1 is 0.917 bits per heavy atom. The molecule has 0 aliphatic rings. The van der Waals surface area contributed by atoms with Crippen LogP contribution in [0.15, 0.2) is 66.9 Å². The molecule has 274 valence electrons. The van der Waals surface area contributed by atoms with Gasteiger partial charge in [0.05, 0.1) is 0 Å². The maximum Gasteiger partial charge on any atom is 0.115 e. The van der Waals surface area contributed by atoms with Gasteiger partial charge in [0, 0.05) is 21.2 Å². The molecule has 0 fully saturated rings. The normalized spacial score (nSPS) is 12.0. The zero-order valence-corrected chi connectivity index (χ0v) is 33.8. The summed E-state index contributed by atoms with van der Waals surface area (Å²) >= 11 is 1.81. The lowest BCUT2D eigenvalue weighted by Gasteiger charge is -2.08. The fourth-order valence-corrected chi connectivity index (χ4v) is 5.54. The maximum atomic E-state index is 9.29. The topological polar surface area (TPSA) is 83.0 Å². The molecule has 0 bridgehead atoms. The molecule has 2 unspecified atom stereocenters. The molecular formula is C42H74N4OS. The molecule has 0 amide bonds. The first kappa shape index (κ1) is 49.6. The number of unbranched alkanes of at least 4 members (excludes halogenated alkanes) is 5. The molecule has 0 spiro atoms. The van der Waals surface area contributed by atoms with Crippen LogP contribution in [0.25, 0.3) is 5.57 Å². The van der Waals surface area contributed by atoms with Gasteiger partial charge in [-0.2, -0.15) is 10.2 Å². The van der Waals surface area contributed by atoms with Crippen LogP contribution in [-0.2, 0) is 0 Å². The van der Waals surface area contributed by atoms with Crippen molar-refractivity contribution in [2.75, 3.05) is 20.1 Å². The quantitative estimate of drug-likeness (QED) is 0.0713. The zero-order chi connectivity index (χ0) is 37.5. The number of aryl methyl sites for hydroxylation is 2. The van der Waals surface area contributed by atoms with Gasteiger partial charge in [-0.25, -0.2) is 0 Å². The Balaban J connectivity index is -0.000000604. The molecule has 0 radical (unpaired) electrons. The average Bonchev–Trinajstić information content (AvgIpc) is 3.34. The number of nitrogens with two attached hydrogens (primary N) is 1. The summed E-state index contributed by atoms with van der Waals surface area (Å²) in [5.41, 5.74) is 12.3. The maximum absolute atomic E-state index is 9.29. The molecule has 0 saturated carbocycles. The largest absolute Gasteiger partial charge is 0.508 e. The van der Waals surface area contributed by atoms with Gasteiger partial charge in [0.2, 0.25) is 0 Å². The average molecular weight is 683 g/mol. The van der Waals surface area contributed by atoms with E-state index in [4.69, 9.17) is 5.73 Å². The molecule has 0 aliphatic heterocycles. The van der Waals surface area contributed by atoms with E-state index in [0.29, 0.717) is 11.8 Å². The van der Waals surface area contributed by atoms with Crippen molar-refractivity contribution >= 4 is 28.3 Å². The van der Waals surface area contributed by atoms with Crippen molar-refractivity contribution in [2.24, 2.45) is 27.8 Å². The van der Waals surface area contributed by atoms with Crippen LogP contribution in [0.4, 0.5) is 0 Å². The van der Waals surface area contributed by atoms with Gasteiger partial charge in [-0.1, -0.05) is 84.6 Å². The van der Waals surface area contributed by atoms with E-state index in [9.17, 15) is 5.11 Å². The van der Waals surface area contributed by atoms with Crippen LogP contribution < -0.4 is 11.1 Å². The van der Waals surface area contributed by atoms with E-state index in [1.165, 1.54) is 65.8 Å². The highest BCUT2D eigenvalue weighted by Gasteiger charge is 2.13. The number of thiophene rings is 1. The number of phenolic OH excluding ortho intramolecular Hbond substituents is 1. The minimum Gasteiger partial charge on any atom is -0.508 e. The molecule has 2 rings (SSSR count). The van der Waals surface area contributed by atoms with Crippen molar-refractivity contribution in [3.05, 3.63) is 83.1 Å². The first-order chi connectivity index (χ1) is 22.8. The Kier molecular flexibility index (Phi) is 33.8. The monoisotopic (exact) mass is 683 g/mol. The lowest BCUT2D eigenvalue weighted by Crippen LogP contribution is -2.06. The smallest absolute Gasteiger partial charge is 0.115 e. The second kappa shape index (κ2) is 32.7. The fraction of sp³-hybridized carbons (Fsp3) is 0.571. The Morgan fingerprint density at radius 2 is 1.44 bits per heavy atom. The van der Waals surface area contributed by atoms with Crippen LogP contribution in [0.3, 0.4) is 0 Å². The first-order valence-electron chi connectivity index (χ1n) is 17.9. The Labute approximate surface area is 301 Å². The van der Waals surface area contributed by atoms with Gasteiger partial charge in [-0.15, -0.1) is 31.1 Å². The van der Waals surface area contributed by atoms with Crippen LogP contribution in [-0.4, -0.2) is 36.7 Å². The molecular weight excluding hydrogens is 609 g/mol. The number of phenols is 1. The van der Waals surface area contributed by atoms with E-state index in [1.54, 1.807) is 18.2 Å². The predicted molar refractivity (Wildman–Crippen MR) is 222 cm³/mol. The van der Waals surface area contributed by atoms with E-state index in [1.807, 2.05) is 37.4 Å². The molecule has 6 heteroatoms. The standard InChI is InChI=1S/C15H16OS.C13H26N2.C9H22N2.C3H6.C2H4/c1-9-11(3)17-12(4)15(9)10(2)13-5-7-14(16)8-6-13;1-7-10(3)9-12(5)14-15-13(6)11(4)8-2;1-11-9-7-5-3-2-4-6-8-10;1-3-2;1-2/h5-8,16H,2H2,1,3-4H3;10-11H,7-9H2,1-6H3;11H,2-10H2,1H3;3H,1H2,2H3;1-2H2/b;14-12+,15-13-;;;. The van der Waals surface area contributed by atoms with Crippen molar-refractivity contribution in [3.63, 3.8) is 0 Å². The minimum absolute atomic E-state index is 0.288. The third-order valence-electron chi connectivity index (χ3n) is 8.00. The summed E-state index contributed by atoms with van der Waals surface area (Å²) in [5.74, 6) is 1.55. The van der Waals surface area contributed by atoms with Gasteiger partial charge in [-0.3, -0.25) is 0 Å². The molecule has 2 aromatic rings. The summed E-state index contributed by atoms with van der Waals surface area (Å²) in [5, 5.41) is 21.0.